The molecule has 4 heteroatoms. The van der Waals surface area contributed by atoms with Gasteiger partial charge in [0.25, 0.3) is 5.91 Å². The molecule has 0 fully saturated rings. The number of aliphatic hydroxyl groups is 1. The topological polar surface area (TPSA) is 62.5 Å². The molecule has 0 aliphatic heterocycles. The van der Waals surface area contributed by atoms with Crippen LogP contribution in [-0.2, 0) is 5.60 Å². The Bertz CT molecular complexity index is 639. The molecule has 0 saturated carbocycles. The van der Waals surface area contributed by atoms with E-state index in [9.17, 15) is 9.90 Å². The molecule has 4 nitrogen and oxygen atoms in total. The Morgan fingerprint density at radius 3 is 2.38 bits per heavy atom. The van der Waals surface area contributed by atoms with Crippen LogP contribution >= 0.6 is 0 Å². The van der Waals surface area contributed by atoms with Crippen LogP contribution < -0.4 is 5.32 Å². The highest BCUT2D eigenvalue weighted by atomic mass is 16.3. The van der Waals surface area contributed by atoms with E-state index in [4.69, 9.17) is 4.42 Å². The molecule has 0 radical (unpaired) electrons. The summed E-state index contributed by atoms with van der Waals surface area (Å²) in [4.78, 5) is 12.1. The number of carbonyl (C=O) groups excluding carboxylic acids is 1. The summed E-state index contributed by atoms with van der Waals surface area (Å²) >= 11 is 0. The summed E-state index contributed by atoms with van der Waals surface area (Å²) in [7, 11) is 0. The molecule has 2 rings (SSSR count). The third-order valence-electron chi connectivity index (χ3n) is 3.53. The van der Waals surface area contributed by atoms with E-state index in [1.54, 1.807) is 32.0 Å². The summed E-state index contributed by atoms with van der Waals surface area (Å²) < 4.78 is 5.43. The number of nitrogens with one attached hydrogen (secondary N) is 1. The second-order valence-electron chi connectivity index (χ2n) is 5.65. The fourth-order valence-electron chi connectivity index (χ4n) is 2.32. The minimum atomic E-state index is -1.16. The van der Waals surface area contributed by atoms with Gasteiger partial charge in [-0.15, -0.1) is 0 Å². The van der Waals surface area contributed by atoms with Crippen molar-refractivity contribution in [2.45, 2.75) is 33.3 Å². The van der Waals surface area contributed by atoms with Gasteiger partial charge in [-0.3, -0.25) is 4.79 Å². The zero-order chi connectivity index (χ0) is 15.6. The van der Waals surface area contributed by atoms with E-state index in [1.165, 1.54) is 0 Å². The maximum absolute atomic E-state index is 12.1. The van der Waals surface area contributed by atoms with E-state index in [0.717, 1.165) is 11.3 Å². The first-order valence-electron chi connectivity index (χ1n) is 6.94. The molecule has 2 N–H and O–H groups in total. The standard InChI is InChI=1S/C17H21NO3/c1-11-5-7-14(8-6-11)16(19)18-10-17(4,20)15-9-12(2)21-13(15)3/h5-9,20H,10H2,1-4H3,(H,18,19). The molecule has 0 aliphatic carbocycles. The third-order valence-corrected chi connectivity index (χ3v) is 3.53. The van der Waals surface area contributed by atoms with Crippen molar-refractivity contribution < 1.29 is 14.3 Å². The molecule has 21 heavy (non-hydrogen) atoms. The maximum atomic E-state index is 12.1. The summed E-state index contributed by atoms with van der Waals surface area (Å²) in [5.74, 6) is 1.21. The summed E-state index contributed by atoms with van der Waals surface area (Å²) in [6.07, 6.45) is 0. The number of aryl methyl sites for hydroxylation is 3. The lowest BCUT2D eigenvalue weighted by atomic mass is 9.96. The second kappa shape index (κ2) is 5.74. The van der Waals surface area contributed by atoms with Crippen LogP contribution in [0.25, 0.3) is 0 Å². The Morgan fingerprint density at radius 1 is 1.24 bits per heavy atom. The fourth-order valence-corrected chi connectivity index (χ4v) is 2.32. The minimum absolute atomic E-state index is 0.125. The fraction of sp³-hybridized carbons (Fsp3) is 0.353. The van der Waals surface area contributed by atoms with Crippen LogP contribution in [0.4, 0.5) is 0 Å². The highest BCUT2D eigenvalue weighted by Crippen LogP contribution is 2.26. The lowest BCUT2D eigenvalue weighted by Gasteiger charge is -2.23. The predicted octanol–water partition coefficient (Wildman–Crippen LogP) is 2.84. The summed E-state index contributed by atoms with van der Waals surface area (Å²) in [6.45, 7) is 7.39. The highest BCUT2D eigenvalue weighted by molar-refractivity contribution is 5.94. The Hall–Kier alpha value is -2.07. The number of carbonyl (C=O) groups is 1. The van der Waals surface area contributed by atoms with E-state index in [0.29, 0.717) is 16.9 Å². The van der Waals surface area contributed by atoms with Crippen molar-refractivity contribution in [2.75, 3.05) is 6.54 Å². The molecule has 112 valence electrons. The molecule has 2 aromatic rings. The first-order valence-corrected chi connectivity index (χ1v) is 6.94. The smallest absolute Gasteiger partial charge is 0.251 e. The van der Waals surface area contributed by atoms with Gasteiger partial charge in [0.05, 0.1) is 6.54 Å². The Kier molecular flexibility index (Phi) is 4.19. The van der Waals surface area contributed by atoms with Gasteiger partial charge in [0.2, 0.25) is 0 Å². The molecule has 0 saturated heterocycles. The second-order valence-corrected chi connectivity index (χ2v) is 5.65. The Morgan fingerprint density at radius 2 is 1.86 bits per heavy atom. The summed E-state index contributed by atoms with van der Waals surface area (Å²) in [5.41, 5.74) is 1.21. The van der Waals surface area contributed by atoms with Gasteiger partial charge in [0, 0.05) is 11.1 Å². The Labute approximate surface area is 124 Å². The third kappa shape index (κ3) is 3.52. The number of rotatable bonds is 4. The molecule has 1 aromatic carbocycles. The minimum Gasteiger partial charge on any atom is -0.466 e. The van der Waals surface area contributed by atoms with Crippen molar-refractivity contribution in [1.29, 1.82) is 0 Å². The number of hydrogen-bond acceptors (Lipinski definition) is 3. The van der Waals surface area contributed by atoms with E-state index >= 15 is 0 Å². The van der Waals surface area contributed by atoms with E-state index in [1.807, 2.05) is 26.0 Å². The molecule has 0 aliphatic rings. The molecule has 1 amide bonds. The summed E-state index contributed by atoms with van der Waals surface area (Å²) in [6, 6.07) is 9.11. The SMILES string of the molecule is Cc1ccc(C(=O)NCC(C)(O)c2cc(C)oc2C)cc1. The highest BCUT2D eigenvalue weighted by Gasteiger charge is 2.28. The van der Waals surface area contributed by atoms with Crippen LogP contribution in [0, 0.1) is 20.8 Å². The van der Waals surface area contributed by atoms with Gasteiger partial charge in [0.15, 0.2) is 0 Å². The van der Waals surface area contributed by atoms with Gasteiger partial charge in [0.1, 0.15) is 17.1 Å². The molecule has 1 heterocycles. The van der Waals surface area contributed by atoms with Crippen molar-refractivity contribution in [3.63, 3.8) is 0 Å². The Balaban J connectivity index is 2.06. The van der Waals surface area contributed by atoms with Crippen LogP contribution in [0.2, 0.25) is 0 Å². The van der Waals surface area contributed by atoms with E-state index in [2.05, 4.69) is 5.32 Å². The number of amides is 1. The van der Waals surface area contributed by atoms with Gasteiger partial charge in [-0.1, -0.05) is 17.7 Å². The van der Waals surface area contributed by atoms with Gasteiger partial charge < -0.3 is 14.8 Å². The predicted molar refractivity (Wildman–Crippen MR) is 81.3 cm³/mol. The largest absolute Gasteiger partial charge is 0.466 e. The van der Waals surface area contributed by atoms with Crippen LogP contribution in [0.1, 0.15) is 39.9 Å². The van der Waals surface area contributed by atoms with Crippen LogP contribution in [0.3, 0.4) is 0 Å². The van der Waals surface area contributed by atoms with Crippen LogP contribution in [0.5, 0.6) is 0 Å². The van der Waals surface area contributed by atoms with Crippen molar-refractivity contribution in [2.24, 2.45) is 0 Å². The average Bonchev–Trinajstić information content (AvgIpc) is 2.77. The van der Waals surface area contributed by atoms with Crippen molar-refractivity contribution in [1.82, 2.24) is 5.32 Å². The molecule has 1 unspecified atom stereocenters. The number of hydrogen-bond donors (Lipinski definition) is 2. The van der Waals surface area contributed by atoms with Crippen molar-refractivity contribution in [3.8, 4) is 0 Å². The molecular formula is C17H21NO3. The zero-order valence-corrected chi connectivity index (χ0v) is 12.9. The van der Waals surface area contributed by atoms with Gasteiger partial charge in [-0.25, -0.2) is 0 Å². The first-order chi connectivity index (χ1) is 9.79. The van der Waals surface area contributed by atoms with Gasteiger partial charge in [-0.2, -0.15) is 0 Å². The lowest BCUT2D eigenvalue weighted by Crippen LogP contribution is -2.38. The van der Waals surface area contributed by atoms with Gasteiger partial charge >= 0.3 is 0 Å². The zero-order valence-electron chi connectivity index (χ0n) is 12.9. The normalized spacial score (nSPS) is 13.8. The quantitative estimate of drug-likeness (QED) is 0.909. The lowest BCUT2D eigenvalue weighted by molar-refractivity contribution is 0.0514. The van der Waals surface area contributed by atoms with Crippen molar-refractivity contribution >= 4 is 5.91 Å². The average molecular weight is 287 g/mol. The molecule has 0 bridgehead atoms. The van der Waals surface area contributed by atoms with Crippen LogP contribution in [-0.4, -0.2) is 17.6 Å². The van der Waals surface area contributed by atoms with Gasteiger partial charge in [-0.05, 0) is 45.9 Å². The van der Waals surface area contributed by atoms with E-state index in [-0.39, 0.29) is 12.5 Å². The van der Waals surface area contributed by atoms with Crippen molar-refractivity contribution in [3.05, 3.63) is 58.5 Å². The number of benzene rings is 1. The van der Waals surface area contributed by atoms with E-state index < -0.39 is 5.60 Å². The van der Waals surface area contributed by atoms with Crippen LogP contribution in [0.15, 0.2) is 34.7 Å². The molecular weight excluding hydrogens is 266 g/mol. The molecule has 1 atom stereocenters. The first kappa shape index (κ1) is 15.3. The summed E-state index contributed by atoms with van der Waals surface area (Å²) in [5, 5.41) is 13.3. The number of furan rings is 1. The molecule has 0 spiro atoms. The maximum Gasteiger partial charge on any atom is 0.251 e. The monoisotopic (exact) mass is 287 g/mol. The molecule has 1 aromatic heterocycles.